The highest BCUT2D eigenvalue weighted by Gasteiger charge is 2.24. The van der Waals surface area contributed by atoms with Crippen LogP contribution in [-0.4, -0.2) is 37.2 Å². The first-order valence-corrected chi connectivity index (χ1v) is 10.1. The summed E-state index contributed by atoms with van der Waals surface area (Å²) in [5, 5.41) is 6.77. The minimum Gasteiger partial charge on any atom is -0.438 e. The summed E-state index contributed by atoms with van der Waals surface area (Å²) < 4.78 is 11.6. The van der Waals surface area contributed by atoms with Crippen LogP contribution in [-0.2, 0) is 4.74 Å². The SMILES string of the molecule is CC[C@H](Nc1cc(C)nc(Oc2c(C)cc(Cl)cc2C)c1C(=O)NC)[C@H](C)OC. The molecule has 1 aromatic carbocycles. The van der Waals surface area contributed by atoms with Crippen LogP contribution >= 0.6 is 11.6 Å². The van der Waals surface area contributed by atoms with E-state index in [0.717, 1.165) is 23.2 Å². The van der Waals surface area contributed by atoms with E-state index in [9.17, 15) is 4.79 Å². The van der Waals surface area contributed by atoms with Crippen LogP contribution in [0.4, 0.5) is 5.69 Å². The van der Waals surface area contributed by atoms with Crippen molar-refractivity contribution in [1.82, 2.24) is 10.3 Å². The summed E-state index contributed by atoms with van der Waals surface area (Å²) in [6.45, 7) is 9.76. The van der Waals surface area contributed by atoms with Crippen molar-refractivity contribution < 1.29 is 14.3 Å². The Labute approximate surface area is 178 Å². The van der Waals surface area contributed by atoms with Gasteiger partial charge in [-0.05, 0) is 63.4 Å². The van der Waals surface area contributed by atoms with Gasteiger partial charge in [0.2, 0.25) is 5.88 Å². The third-order valence-corrected chi connectivity index (χ3v) is 5.13. The van der Waals surface area contributed by atoms with Crippen molar-refractivity contribution in [1.29, 1.82) is 0 Å². The van der Waals surface area contributed by atoms with E-state index in [2.05, 4.69) is 22.5 Å². The molecule has 1 amide bonds. The lowest BCUT2D eigenvalue weighted by Crippen LogP contribution is -2.33. The molecule has 2 atom stereocenters. The number of ether oxygens (including phenoxy) is 2. The van der Waals surface area contributed by atoms with Gasteiger partial charge >= 0.3 is 0 Å². The lowest BCUT2D eigenvalue weighted by atomic mass is 10.1. The Balaban J connectivity index is 2.58. The summed E-state index contributed by atoms with van der Waals surface area (Å²) in [6, 6.07) is 5.53. The number of nitrogens with zero attached hydrogens (tertiary/aromatic N) is 1. The number of anilines is 1. The maximum atomic E-state index is 12.8. The van der Waals surface area contributed by atoms with Gasteiger partial charge in [0.25, 0.3) is 5.91 Å². The van der Waals surface area contributed by atoms with Crippen molar-refractivity contribution >= 4 is 23.2 Å². The molecule has 0 aliphatic heterocycles. The predicted molar refractivity (Wildman–Crippen MR) is 118 cm³/mol. The van der Waals surface area contributed by atoms with Crippen molar-refractivity contribution in [3.8, 4) is 11.6 Å². The Morgan fingerprint density at radius 2 is 1.83 bits per heavy atom. The number of carbonyl (C=O) groups excluding carboxylic acids is 1. The number of pyridine rings is 1. The Morgan fingerprint density at radius 1 is 1.21 bits per heavy atom. The highest BCUT2D eigenvalue weighted by molar-refractivity contribution is 6.30. The second-order valence-corrected chi connectivity index (χ2v) is 7.58. The average Bonchev–Trinajstić information content (AvgIpc) is 2.67. The quantitative estimate of drug-likeness (QED) is 0.627. The number of hydrogen-bond donors (Lipinski definition) is 2. The van der Waals surface area contributed by atoms with E-state index in [1.54, 1.807) is 14.2 Å². The minimum atomic E-state index is -0.279. The van der Waals surface area contributed by atoms with Gasteiger partial charge in [0.1, 0.15) is 11.3 Å². The molecule has 2 N–H and O–H groups in total. The maximum Gasteiger partial charge on any atom is 0.258 e. The molecule has 158 valence electrons. The van der Waals surface area contributed by atoms with E-state index in [1.807, 2.05) is 45.9 Å². The molecule has 6 nitrogen and oxygen atoms in total. The van der Waals surface area contributed by atoms with Gasteiger partial charge in [0.15, 0.2) is 0 Å². The smallest absolute Gasteiger partial charge is 0.258 e. The summed E-state index contributed by atoms with van der Waals surface area (Å²) in [4.78, 5) is 17.3. The average molecular weight is 420 g/mol. The topological polar surface area (TPSA) is 72.5 Å². The molecule has 0 spiro atoms. The number of aryl methyl sites for hydroxylation is 3. The molecule has 0 fully saturated rings. The molecule has 2 aromatic rings. The highest BCUT2D eigenvalue weighted by atomic mass is 35.5. The van der Waals surface area contributed by atoms with Gasteiger partial charge in [0, 0.05) is 24.9 Å². The second-order valence-electron chi connectivity index (χ2n) is 7.14. The number of methoxy groups -OCH3 is 1. The van der Waals surface area contributed by atoms with E-state index in [0.29, 0.717) is 22.0 Å². The molecule has 0 aliphatic carbocycles. The number of rotatable bonds is 8. The molecule has 2 rings (SSSR count). The van der Waals surface area contributed by atoms with Crippen LogP contribution in [0.1, 0.15) is 47.4 Å². The van der Waals surface area contributed by atoms with Crippen LogP contribution in [0.15, 0.2) is 18.2 Å². The van der Waals surface area contributed by atoms with Crippen LogP contribution in [0.5, 0.6) is 11.6 Å². The Bertz CT molecular complexity index is 863. The Morgan fingerprint density at radius 3 is 2.34 bits per heavy atom. The molecule has 0 aliphatic rings. The summed E-state index contributed by atoms with van der Waals surface area (Å²) in [5.74, 6) is 0.611. The second kappa shape index (κ2) is 9.94. The maximum absolute atomic E-state index is 12.8. The molecular weight excluding hydrogens is 390 g/mol. The number of halogens is 1. The normalized spacial score (nSPS) is 13.0. The number of hydrogen-bond acceptors (Lipinski definition) is 5. The molecule has 1 heterocycles. The molecule has 0 radical (unpaired) electrons. The molecule has 0 bridgehead atoms. The number of aromatic nitrogens is 1. The fourth-order valence-electron chi connectivity index (χ4n) is 3.25. The first-order chi connectivity index (χ1) is 13.7. The lowest BCUT2D eigenvalue weighted by Gasteiger charge is -2.26. The van der Waals surface area contributed by atoms with Gasteiger partial charge in [-0.15, -0.1) is 0 Å². The van der Waals surface area contributed by atoms with E-state index >= 15 is 0 Å². The van der Waals surface area contributed by atoms with Crippen molar-refractivity contribution in [2.75, 3.05) is 19.5 Å². The van der Waals surface area contributed by atoms with Crippen molar-refractivity contribution in [3.05, 3.63) is 45.6 Å². The Hall–Kier alpha value is -2.31. The minimum absolute atomic E-state index is 0.0251. The summed E-state index contributed by atoms with van der Waals surface area (Å²) >= 11 is 6.14. The zero-order chi connectivity index (χ0) is 21.7. The van der Waals surface area contributed by atoms with Crippen molar-refractivity contribution in [3.63, 3.8) is 0 Å². The first kappa shape index (κ1) is 23.0. The predicted octanol–water partition coefficient (Wildman–Crippen LogP) is 5.04. The van der Waals surface area contributed by atoms with Crippen molar-refractivity contribution in [2.45, 2.75) is 53.2 Å². The van der Waals surface area contributed by atoms with Crippen molar-refractivity contribution in [2.24, 2.45) is 0 Å². The van der Waals surface area contributed by atoms with Gasteiger partial charge in [-0.3, -0.25) is 4.79 Å². The highest BCUT2D eigenvalue weighted by Crippen LogP contribution is 2.35. The van der Waals surface area contributed by atoms with Crippen LogP contribution in [0.2, 0.25) is 5.02 Å². The van der Waals surface area contributed by atoms with Gasteiger partial charge in [-0.25, -0.2) is 4.98 Å². The molecule has 0 unspecified atom stereocenters. The summed E-state index contributed by atoms with van der Waals surface area (Å²) in [6.07, 6.45) is 0.797. The lowest BCUT2D eigenvalue weighted by molar-refractivity contribution is 0.0955. The van der Waals surface area contributed by atoms with Crippen LogP contribution in [0.25, 0.3) is 0 Å². The molecule has 29 heavy (non-hydrogen) atoms. The van der Waals surface area contributed by atoms with E-state index in [4.69, 9.17) is 21.1 Å². The molecule has 7 heteroatoms. The third kappa shape index (κ3) is 5.40. The van der Waals surface area contributed by atoms with Crippen LogP contribution < -0.4 is 15.4 Å². The fraction of sp³-hybridized carbons (Fsp3) is 0.455. The Kier molecular flexibility index (Phi) is 7.88. The first-order valence-electron chi connectivity index (χ1n) is 9.69. The number of nitrogens with one attached hydrogen (secondary N) is 2. The molecular formula is C22H30ClN3O3. The fourth-order valence-corrected chi connectivity index (χ4v) is 3.57. The number of carbonyl (C=O) groups is 1. The molecule has 0 saturated heterocycles. The zero-order valence-electron chi connectivity index (χ0n) is 18.1. The van der Waals surface area contributed by atoms with Crippen LogP contribution in [0, 0.1) is 20.8 Å². The number of benzene rings is 1. The summed E-state index contributed by atoms with van der Waals surface area (Å²) in [5.41, 5.74) is 3.49. The summed E-state index contributed by atoms with van der Waals surface area (Å²) in [7, 11) is 3.26. The van der Waals surface area contributed by atoms with Gasteiger partial charge in [-0.2, -0.15) is 0 Å². The van der Waals surface area contributed by atoms with Gasteiger partial charge in [0.05, 0.1) is 17.8 Å². The monoisotopic (exact) mass is 419 g/mol. The van der Waals surface area contributed by atoms with Gasteiger partial charge < -0.3 is 20.1 Å². The van der Waals surface area contributed by atoms with E-state index in [1.165, 1.54) is 0 Å². The van der Waals surface area contributed by atoms with Gasteiger partial charge in [-0.1, -0.05) is 18.5 Å². The molecule has 1 aromatic heterocycles. The zero-order valence-corrected chi connectivity index (χ0v) is 18.9. The standard InChI is InChI=1S/C22H30ClN3O3/c1-8-17(15(5)28-7)26-18-11-14(4)25-22(19(18)21(27)24-6)29-20-12(2)9-16(23)10-13(20)3/h9-11,15,17H,8H2,1-7H3,(H,24,27)(H,25,26)/t15-,17-/m0/s1. The van der Waals surface area contributed by atoms with E-state index < -0.39 is 0 Å². The third-order valence-electron chi connectivity index (χ3n) is 4.91. The van der Waals surface area contributed by atoms with E-state index in [-0.39, 0.29) is 23.9 Å². The van der Waals surface area contributed by atoms with Crippen LogP contribution in [0.3, 0.4) is 0 Å². The largest absolute Gasteiger partial charge is 0.438 e. The number of amides is 1. The molecule has 0 saturated carbocycles.